The topological polar surface area (TPSA) is 12.5 Å². The van der Waals surface area contributed by atoms with Crippen molar-refractivity contribution >= 4 is 13.9 Å². The van der Waals surface area contributed by atoms with Crippen LogP contribution in [0.3, 0.4) is 0 Å². The molecule has 0 spiro atoms. The predicted molar refractivity (Wildman–Crippen MR) is 201 cm³/mol. The third-order valence-electron chi connectivity index (χ3n) is 9.61. The summed E-state index contributed by atoms with van der Waals surface area (Å²) >= 11 is 0. The molecule has 0 amide bonds. The molecule has 1 aliphatic rings. The number of hydrogen-bond donors (Lipinski definition) is 0. The molecule has 1 fully saturated rings. The van der Waals surface area contributed by atoms with Gasteiger partial charge in [-0.15, -0.1) is 0 Å². The molecular formula is C44H49FNOP. The third kappa shape index (κ3) is 9.01. The van der Waals surface area contributed by atoms with Crippen molar-refractivity contribution in [2.75, 3.05) is 13.1 Å². The molecule has 1 heterocycles. The molecular weight excluding hydrogens is 608 g/mol. The maximum Gasteiger partial charge on any atom is 0.127 e. The fourth-order valence-electron chi connectivity index (χ4n) is 7.18. The van der Waals surface area contributed by atoms with Crippen LogP contribution in [-0.2, 0) is 31.1 Å². The van der Waals surface area contributed by atoms with E-state index in [9.17, 15) is 4.39 Å². The molecule has 5 aromatic carbocycles. The highest BCUT2D eigenvalue weighted by atomic mass is 31.1. The van der Waals surface area contributed by atoms with Crippen LogP contribution < -0.4 is 10.0 Å². The van der Waals surface area contributed by atoms with Gasteiger partial charge in [-0.05, 0) is 89.6 Å². The zero-order valence-corrected chi connectivity index (χ0v) is 29.6. The summed E-state index contributed by atoms with van der Waals surface area (Å²) in [6.45, 7) is 8.21. The van der Waals surface area contributed by atoms with Gasteiger partial charge in [0.15, 0.2) is 0 Å². The van der Waals surface area contributed by atoms with E-state index in [2.05, 4.69) is 128 Å². The van der Waals surface area contributed by atoms with E-state index < -0.39 is 0 Å². The highest BCUT2D eigenvalue weighted by Crippen LogP contribution is 2.50. The fourth-order valence-corrected chi connectivity index (χ4v) is 8.95. The average Bonchev–Trinajstić information content (AvgIpc) is 3.11. The summed E-state index contributed by atoms with van der Waals surface area (Å²) in [4.78, 5) is 2.51. The predicted octanol–water partition coefficient (Wildman–Crippen LogP) is 10.6. The zero-order valence-electron chi connectivity index (χ0n) is 28.6. The van der Waals surface area contributed by atoms with Gasteiger partial charge in [0.05, 0.1) is 0 Å². The molecule has 2 unspecified atom stereocenters. The van der Waals surface area contributed by atoms with Gasteiger partial charge in [-0.2, -0.15) is 0 Å². The molecule has 5 aromatic rings. The number of piperidine rings is 1. The Labute approximate surface area is 289 Å². The molecule has 1 aliphatic heterocycles. The SMILES string of the molecule is CCCC(C)(Pc1ccc(F)cc1CN1CCCCC1)c1cc(Cc2ccccc2)cc(Cc2ccccc2)c1OCc1ccccc1. The van der Waals surface area contributed by atoms with Crippen molar-refractivity contribution in [2.24, 2.45) is 0 Å². The Morgan fingerprint density at radius 1 is 0.688 bits per heavy atom. The lowest BCUT2D eigenvalue weighted by Gasteiger charge is -2.35. The van der Waals surface area contributed by atoms with E-state index in [1.807, 2.05) is 0 Å². The zero-order chi connectivity index (χ0) is 33.2. The maximum atomic E-state index is 14.8. The Kier molecular flexibility index (Phi) is 11.8. The van der Waals surface area contributed by atoms with E-state index in [1.54, 1.807) is 12.1 Å². The van der Waals surface area contributed by atoms with Gasteiger partial charge in [0, 0.05) is 23.7 Å². The first-order valence-corrected chi connectivity index (χ1v) is 18.7. The molecule has 4 heteroatoms. The van der Waals surface area contributed by atoms with Crippen molar-refractivity contribution in [3.8, 4) is 5.75 Å². The van der Waals surface area contributed by atoms with Crippen molar-refractivity contribution in [1.29, 1.82) is 0 Å². The van der Waals surface area contributed by atoms with Gasteiger partial charge in [-0.25, -0.2) is 4.39 Å². The van der Waals surface area contributed by atoms with Crippen LogP contribution in [0.15, 0.2) is 121 Å². The summed E-state index contributed by atoms with van der Waals surface area (Å²) in [5, 5.41) is 1.07. The number of halogens is 1. The molecule has 2 atom stereocenters. The molecule has 248 valence electrons. The molecule has 6 rings (SSSR count). The minimum atomic E-state index is -0.201. The summed E-state index contributed by atoms with van der Waals surface area (Å²) in [5.74, 6) is 0.859. The molecule has 2 nitrogen and oxygen atoms in total. The normalized spacial score (nSPS) is 15.1. The van der Waals surface area contributed by atoms with E-state index in [0.29, 0.717) is 15.2 Å². The van der Waals surface area contributed by atoms with Crippen molar-refractivity contribution in [3.63, 3.8) is 0 Å². The maximum absolute atomic E-state index is 14.8. The van der Waals surface area contributed by atoms with Gasteiger partial charge < -0.3 is 4.74 Å². The Hall–Kier alpha value is -3.78. The molecule has 0 N–H and O–H groups in total. The van der Waals surface area contributed by atoms with E-state index in [-0.39, 0.29) is 11.0 Å². The molecule has 0 radical (unpaired) electrons. The Morgan fingerprint density at radius 2 is 1.31 bits per heavy atom. The van der Waals surface area contributed by atoms with Gasteiger partial charge >= 0.3 is 0 Å². The lowest BCUT2D eigenvalue weighted by Crippen LogP contribution is -2.31. The monoisotopic (exact) mass is 657 g/mol. The van der Waals surface area contributed by atoms with Crippen LogP contribution in [0, 0.1) is 5.82 Å². The molecule has 0 aliphatic carbocycles. The van der Waals surface area contributed by atoms with Crippen LogP contribution in [-0.4, -0.2) is 18.0 Å². The van der Waals surface area contributed by atoms with Crippen molar-refractivity contribution in [2.45, 2.75) is 77.1 Å². The Bertz CT molecular complexity index is 1740. The van der Waals surface area contributed by atoms with Crippen molar-refractivity contribution < 1.29 is 9.13 Å². The number of rotatable bonds is 14. The summed E-state index contributed by atoms with van der Waals surface area (Å²) in [6.07, 6.45) is 7.44. The lowest BCUT2D eigenvalue weighted by molar-refractivity contribution is 0.221. The Morgan fingerprint density at radius 3 is 1.96 bits per heavy atom. The lowest BCUT2D eigenvalue weighted by atomic mass is 9.87. The third-order valence-corrected chi connectivity index (χ3v) is 11.4. The second kappa shape index (κ2) is 16.6. The molecule has 0 aromatic heterocycles. The second-order valence-electron chi connectivity index (χ2n) is 13.6. The smallest absolute Gasteiger partial charge is 0.127 e. The highest BCUT2D eigenvalue weighted by molar-refractivity contribution is 7.48. The number of benzene rings is 5. The van der Waals surface area contributed by atoms with E-state index in [0.717, 1.165) is 62.2 Å². The van der Waals surface area contributed by atoms with Gasteiger partial charge in [-0.3, -0.25) is 4.90 Å². The fraction of sp³-hybridized carbons (Fsp3) is 0.318. The number of hydrogen-bond acceptors (Lipinski definition) is 2. The van der Waals surface area contributed by atoms with Crippen LogP contribution in [0.4, 0.5) is 4.39 Å². The molecule has 0 saturated carbocycles. The van der Waals surface area contributed by atoms with Gasteiger partial charge in [-0.1, -0.05) is 144 Å². The number of likely N-dealkylation sites (tertiary alicyclic amines) is 1. The quantitative estimate of drug-likeness (QED) is 0.110. The van der Waals surface area contributed by atoms with Crippen LogP contribution >= 0.6 is 8.58 Å². The summed E-state index contributed by atoms with van der Waals surface area (Å²) in [7, 11) is 0.472. The first-order valence-electron chi connectivity index (χ1n) is 17.7. The standard InChI is InChI=1S/C44H49FNOP/c1-3-24-44(2,48-42-23-22-40(45)31-39(42)32-46-25-14-7-15-26-46)41-30-37(27-34-16-8-4-9-17-34)29-38(28-35-18-10-5-11-19-35)43(41)47-33-36-20-12-6-13-21-36/h4-6,8-13,16-23,29-31,48H,3,7,14-15,24-28,32-33H2,1-2H3. The van der Waals surface area contributed by atoms with E-state index >= 15 is 0 Å². The number of nitrogens with zero attached hydrogens (tertiary/aromatic N) is 1. The van der Waals surface area contributed by atoms with E-state index in [1.165, 1.54) is 52.4 Å². The van der Waals surface area contributed by atoms with Crippen LogP contribution in [0.2, 0.25) is 0 Å². The van der Waals surface area contributed by atoms with Crippen LogP contribution in [0.25, 0.3) is 0 Å². The minimum absolute atomic E-state index is 0.144. The molecule has 0 bridgehead atoms. The number of ether oxygens (including phenoxy) is 1. The summed E-state index contributed by atoms with van der Waals surface area (Å²) in [5.41, 5.74) is 8.65. The first-order chi connectivity index (χ1) is 23.5. The molecule has 48 heavy (non-hydrogen) atoms. The average molecular weight is 658 g/mol. The van der Waals surface area contributed by atoms with Crippen molar-refractivity contribution in [1.82, 2.24) is 4.90 Å². The van der Waals surface area contributed by atoms with Gasteiger partial charge in [0.1, 0.15) is 18.2 Å². The Balaban J connectivity index is 1.46. The van der Waals surface area contributed by atoms with Gasteiger partial charge in [0.2, 0.25) is 0 Å². The first kappa shape index (κ1) is 34.1. The highest BCUT2D eigenvalue weighted by Gasteiger charge is 2.33. The van der Waals surface area contributed by atoms with Crippen LogP contribution in [0.5, 0.6) is 5.75 Å². The second-order valence-corrected chi connectivity index (χ2v) is 15.5. The van der Waals surface area contributed by atoms with E-state index in [4.69, 9.17) is 4.74 Å². The largest absolute Gasteiger partial charge is 0.488 e. The molecule has 1 saturated heterocycles. The summed E-state index contributed by atoms with van der Waals surface area (Å²) in [6, 6.07) is 42.3. The van der Waals surface area contributed by atoms with Crippen molar-refractivity contribution in [3.05, 3.63) is 166 Å². The summed E-state index contributed by atoms with van der Waals surface area (Å²) < 4.78 is 21.8. The van der Waals surface area contributed by atoms with Crippen LogP contribution in [0.1, 0.15) is 84.9 Å². The van der Waals surface area contributed by atoms with Gasteiger partial charge in [0.25, 0.3) is 0 Å². The minimum Gasteiger partial charge on any atom is -0.488 e.